The van der Waals surface area contributed by atoms with E-state index < -0.39 is 0 Å². The highest BCUT2D eigenvalue weighted by atomic mass is 16.5. The van der Waals surface area contributed by atoms with Gasteiger partial charge in [0, 0.05) is 38.1 Å². The number of nitrogens with zero attached hydrogens (tertiary/aromatic N) is 2. The number of ether oxygens (including phenoxy) is 2. The average molecular weight is 917 g/mol. The van der Waals surface area contributed by atoms with E-state index >= 15 is 0 Å². The molecule has 2 heterocycles. The molecule has 0 aliphatic heterocycles. The maximum atomic E-state index is 13.6. The second kappa shape index (κ2) is 19.1. The molecule has 8 bridgehead atoms. The van der Waals surface area contributed by atoms with Gasteiger partial charge in [0.1, 0.15) is 23.0 Å². The number of carbonyl (C=O) groups excluding carboxylic acids is 2. The van der Waals surface area contributed by atoms with Crippen LogP contribution < -0.4 is 20.1 Å². The lowest BCUT2D eigenvalue weighted by molar-refractivity contribution is -0.118. The van der Waals surface area contributed by atoms with Crippen molar-refractivity contribution in [3.63, 3.8) is 0 Å². The maximum Gasteiger partial charge on any atom is 0.262 e. The number of hydrogen-bond donors (Lipinski definition) is 4. The number of phenolic OH excluding ortho intramolecular Hbond substituents is 2. The Morgan fingerprint density at radius 3 is 0.971 bits per heavy atom. The lowest BCUT2D eigenvalue weighted by atomic mass is 9.79. The van der Waals surface area contributed by atoms with Crippen LogP contribution in [0.15, 0.2) is 97.6 Å². The summed E-state index contributed by atoms with van der Waals surface area (Å²) in [7, 11) is 0. The minimum absolute atomic E-state index is 0.147. The Morgan fingerprint density at radius 2 is 0.735 bits per heavy atom. The Bertz CT molecular complexity index is 2540. The molecule has 0 spiro atoms. The van der Waals surface area contributed by atoms with Gasteiger partial charge in [0.25, 0.3) is 11.8 Å². The van der Waals surface area contributed by atoms with E-state index in [1.165, 1.54) is 0 Å². The van der Waals surface area contributed by atoms with E-state index in [9.17, 15) is 19.8 Å². The highest BCUT2D eigenvalue weighted by molar-refractivity contribution is 5.92. The molecule has 356 valence electrons. The van der Waals surface area contributed by atoms with E-state index in [0.29, 0.717) is 45.1 Å². The molecule has 1 aliphatic carbocycles. The molecule has 2 amide bonds. The van der Waals surface area contributed by atoms with Crippen molar-refractivity contribution in [3.8, 4) is 23.0 Å². The summed E-state index contributed by atoms with van der Waals surface area (Å²) in [5.74, 6) is 0.648. The number of benzene rings is 4. The van der Waals surface area contributed by atoms with Crippen molar-refractivity contribution in [2.45, 2.75) is 130 Å². The number of aromatic hydroxyl groups is 2. The molecule has 4 aromatic carbocycles. The zero-order valence-corrected chi connectivity index (χ0v) is 41.9. The first-order valence-electron chi connectivity index (χ1n) is 23.5. The van der Waals surface area contributed by atoms with Crippen LogP contribution in [0.1, 0.15) is 150 Å². The van der Waals surface area contributed by atoms with Gasteiger partial charge in [-0.05, 0) is 113 Å². The molecular weight excluding hydrogens is 849 g/mol. The fourth-order valence-electron chi connectivity index (χ4n) is 8.56. The number of carbonyl (C=O) groups is 2. The first kappa shape index (κ1) is 49.2. The number of nitrogens with one attached hydrogen (secondary N) is 2. The van der Waals surface area contributed by atoms with Crippen molar-refractivity contribution < 1.29 is 29.3 Å². The number of anilines is 2. The molecule has 0 fully saturated rings. The number of pyridine rings is 2. The number of phenols is 2. The molecular formula is C58H68N4O6. The topological polar surface area (TPSA) is 143 Å². The van der Waals surface area contributed by atoms with E-state index in [1.807, 2.05) is 0 Å². The van der Waals surface area contributed by atoms with Gasteiger partial charge < -0.3 is 30.3 Å². The molecule has 4 N–H and O–H groups in total. The third kappa shape index (κ3) is 11.7. The van der Waals surface area contributed by atoms with Gasteiger partial charge >= 0.3 is 0 Å². The van der Waals surface area contributed by atoms with Crippen LogP contribution >= 0.6 is 0 Å². The summed E-state index contributed by atoms with van der Waals surface area (Å²) < 4.78 is 13.3. The summed E-state index contributed by atoms with van der Waals surface area (Å²) in [5.41, 5.74) is 10.1. The van der Waals surface area contributed by atoms with E-state index in [4.69, 9.17) is 9.47 Å². The molecule has 0 saturated heterocycles. The maximum absolute atomic E-state index is 13.6. The van der Waals surface area contributed by atoms with Crippen LogP contribution in [0, 0.1) is 0 Å². The Labute approximate surface area is 402 Å². The summed E-state index contributed by atoms with van der Waals surface area (Å²) in [6.07, 6.45) is 7.59. The summed E-state index contributed by atoms with van der Waals surface area (Å²) >= 11 is 0. The molecule has 0 saturated carbocycles. The molecule has 68 heavy (non-hydrogen) atoms. The fraction of sp³-hybridized carbons (Fsp3) is 0.379. The number of fused-ring (bicyclic) bond motifs is 8. The lowest BCUT2D eigenvalue weighted by Crippen LogP contribution is -2.22. The SMILES string of the molecule is CC(C)(C)c1cc2c(O)c(c1)Cc1cc(C(C)(C)C)cc(c1OCC(=O)Nc1cccnc1)Cc1cc(C(C)(C)C)cc(c1O)Cc1cc(C(C)(C)C)cc(c1OCC(=O)Nc1cccnc1)C2. The van der Waals surface area contributed by atoms with E-state index in [0.717, 1.165) is 44.5 Å². The zero-order valence-electron chi connectivity index (χ0n) is 41.9. The Morgan fingerprint density at radius 1 is 0.471 bits per heavy atom. The van der Waals surface area contributed by atoms with Crippen molar-refractivity contribution in [1.29, 1.82) is 0 Å². The molecule has 6 aromatic rings. The summed E-state index contributed by atoms with van der Waals surface area (Å²) in [5, 5.41) is 31.0. The van der Waals surface area contributed by atoms with Crippen LogP contribution in [0.2, 0.25) is 0 Å². The van der Waals surface area contributed by atoms with Crippen molar-refractivity contribution in [2.24, 2.45) is 0 Å². The van der Waals surface area contributed by atoms with Gasteiger partial charge in [0.15, 0.2) is 13.2 Å². The van der Waals surface area contributed by atoms with Gasteiger partial charge in [0.05, 0.1) is 23.8 Å². The largest absolute Gasteiger partial charge is 0.507 e. The number of aromatic nitrogens is 2. The van der Waals surface area contributed by atoms with E-state index in [2.05, 4.69) is 152 Å². The summed E-state index contributed by atoms with van der Waals surface area (Å²) in [6.45, 7) is 25.4. The highest BCUT2D eigenvalue weighted by Gasteiger charge is 2.29. The van der Waals surface area contributed by atoms with Gasteiger partial charge in [-0.1, -0.05) is 132 Å². The minimum Gasteiger partial charge on any atom is -0.507 e. The predicted molar refractivity (Wildman–Crippen MR) is 272 cm³/mol. The zero-order chi connectivity index (χ0) is 49.3. The van der Waals surface area contributed by atoms with Crippen LogP contribution in [-0.2, 0) is 56.9 Å². The second-order valence-corrected chi connectivity index (χ2v) is 22.4. The van der Waals surface area contributed by atoms with Crippen molar-refractivity contribution in [2.75, 3.05) is 23.8 Å². The molecule has 0 radical (unpaired) electrons. The van der Waals surface area contributed by atoms with Gasteiger partial charge in [-0.25, -0.2) is 0 Å². The number of amides is 2. The van der Waals surface area contributed by atoms with Crippen molar-refractivity contribution in [1.82, 2.24) is 9.97 Å². The highest BCUT2D eigenvalue weighted by Crippen LogP contribution is 2.44. The Kier molecular flexibility index (Phi) is 13.9. The van der Waals surface area contributed by atoms with Gasteiger partial charge in [-0.3, -0.25) is 19.6 Å². The Balaban J connectivity index is 1.49. The smallest absolute Gasteiger partial charge is 0.262 e. The molecule has 10 heteroatoms. The molecule has 1 aliphatic rings. The Hall–Kier alpha value is -6.68. The van der Waals surface area contributed by atoms with Crippen LogP contribution in [0.25, 0.3) is 0 Å². The fourth-order valence-corrected chi connectivity index (χ4v) is 8.56. The summed E-state index contributed by atoms with van der Waals surface area (Å²) in [4.78, 5) is 35.4. The van der Waals surface area contributed by atoms with Crippen LogP contribution in [0.4, 0.5) is 11.4 Å². The molecule has 0 atom stereocenters. The average Bonchev–Trinajstić information content (AvgIpc) is 3.24. The third-order valence-electron chi connectivity index (χ3n) is 12.6. The molecule has 7 rings (SSSR count). The molecule has 10 nitrogen and oxygen atoms in total. The molecule has 2 aromatic heterocycles. The number of rotatable bonds is 8. The third-order valence-corrected chi connectivity index (χ3v) is 12.6. The van der Waals surface area contributed by atoms with E-state index in [1.54, 1.807) is 49.1 Å². The van der Waals surface area contributed by atoms with Crippen LogP contribution in [-0.4, -0.2) is 45.2 Å². The van der Waals surface area contributed by atoms with E-state index in [-0.39, 0.29) is 83.9 Å². The quantitative estimate of drug-likeness (QED) is 0.118. The number of hydrogen-bond acceptors (Lipinski definition) is 8. The standard InChI is InChI=1S/C58H68N4O6/c1-55(2,3)43-23-35-19-39-27-45(57(7,8)9)29-41(53(39)67-33-49(63)61-47-15-13-17-59-31-47)21-37-25-44(56(4,5)6)26-38(52(37)66)22-42-30-46(58(10,11)12)28-40(20-36(24-43)51(35)65)54(42)68-34-50(64)62-48-16-14-18-60-32-48/h13-18,23-32,65-66H,19-22,33-34H2,1-12H3,(H,61,63)(H,62,64). The monoisotopic (exact) mass is 917 g/mol. The minimum atomic E-state index is -0.347. The first-order valence-corrected chi connectivity index (χ1v) is 23.5. The van der Waals surface area contributed by atoms with Crippen molar-refractivity contribution >= 4 is 23.2 Å². The van der Waals surface area contributed by atoms with Gasteiger partial charge in [-0.15, -0.1) is 0 Å². The van der Waals surface area contributed by atoms with Gasteiger partial charge in [0.2, 0.25) is 0 Å². The van der Waals surface area contributed by atoms with Crippen LogP contribution in [0.5, 0.6) is 23.0 Å². The first-order chi connectivity index (χ1) is 31.8. The second-order valence-electron chi connectivity index (χ2n) is 22.4. The lowest BCUT2D eigenvalue weighted by Gasteiger charge is -2.28. The summed E-state index contributed by atoms with van der Waals surface area (Å²) in [6, 6.07) is 23.9. The molecule has 0 unspecified atom stereocenters. The van der Waals surface area contributed by atoms with Crippen molar-refractivity contribution in [3.05, 3.63) is 164 Å². The normalized spacial score (nSPS) is 13.1. The predicted octanol–water partition coefficient (Wildman–Crippen LogP) is 11.8. The van der Waals surface area contributed by atoms with Gasteiger partial charge in [-0.2, -0.15) is 0 Å². The van der Waals surface area contributed by atoms with Crippen LogP contribution in [0.3, 0.4) is 0 Å².